The third-order valence-electron chi connectivity index (χ3n) is 0.955. The quantitative estimate of drug-likeness (QED) is 0.618. The zero-order chi connectivity index (χ0) is 6.69. The fraction of sp³-hybridized carbons (Fsp3) is 0.400. The molecule has 4 heteroatoms. The summed E-state index contributed by atoms with van der Waals surface area (Å²) in [4.78, 5) is 0. The van der Waals surface area contributed by atoms with Gasteiger partial charge in [-0.25, -0.2) is 3.11 Å². The lowest BCUT2D eigenvalue weighted by Gasteiger charge is -2.02. The van der Waals surface area contributed by atoms with Gasteiger partial charge in [0.2, 0.25) is 0 Å². The van der Waals surface area contributed by atoms with Crippen LogP contribution in [0.15, 0.2) is 12.4 Å². The van der Waals surface area contributed by atoms with E-state index in [1.165, 1.54) is 5.56 Å². The van der Waals surface area contributed by atoms with Crippen molar-refractivity contribution in [2.75, 3.05) is 7.05 Å². The number of aromatic nitrogens is 2. The Morgan fingerprint density at radius 2 is 2.67 bits per heavy atom. The second kappa shape index (κ2) is 3.17. The number of halogens is 1. The van der Waals surface area contributed by atoms with Crippen molar-refractivity contribution in [3.8, 4) is 0 Å². The summed E-state index contributed by atoms with van der Waals surface area (Å²) in [5, 5.41) is 6.58. The van der Waals surface area contributed by atoms with Crippen LogP contribution in [0.25, 0.3) is 0 Å². The number of H-pyrrole nitrogens is 1. The lowest BCUT2D eigenvalue weighted by Crippen LogP contribution is -2.01. The topological polar surface area (TPSA) is 31.9 Å². The molecule has 0 aliphatic carbocycles. The fourth-order valence-corrected chi connectivity index (χ4v) is 1.01. The average molecular weight is 237 g/mol. The molecule has 0 aliphatic heterocycles. The third kappa shape index (κ3) is 2.31. The molecule has 1 heterocycles. The number of rotatable bonds is 2. The van der Waals surface area contributed by atoms with Crippen molar-refractivity contribution in [3.05, 3.63) is 18.0 Å². The van der Waals surface area contributed by atoms with E-state index in [9.17, 15) is 0 Å². The minimum absolute atomic E-state index is 0.942. The molecule has 0 fully saturated rings. The molecule has 0 aromatic carbocycles. The summed E-state index contributed by atoms with van der Waals surface area (Å²) in [6.07, 6.45) is 3.73. The zero-order valence-corrected chi connectivity index (χ0v) is 7.29. The number of nitrogens with one attached hydrogen (secondary N) is 1. The normalized spacial score (nSPS) is 10.6. The van der Waals surface area contributed by atoms with E-state index in [1.807, 2.05) is 19.4 Å². The van der Waals surface area contributed by atoms with Crippen LogP contribution in [0.5, 0.6) is 0 Å². The Hall–Kier alpha value is -0.100. The minimum Gasteiger partial charge on any atom is -0.285 e. The van der Waals surface area contributed by atoms with Gasteiger partial charge in [-0.3, -0.25) is 5.10 Å². The van der Waals surface area contributed by atoms with Crippen molar-refractivity contribution in [1.82, 2.24) is 13.3 Å². The first-order valence-corrected chi connectivity index (χ1v) is 3.60. The Kier molecular flexibility index (Phi) is 2.47. The largest absolute Gasteiger partial charge is 0.285 e. The summed E-state index contributed by atoms with van der Waals surface area (Å²) in [6.45, 7) is 0.942. The van der Waals surface area contributed by atoms with Crippen molar-refractivity contribution >= 4 is 22.9 Å². The molecule has 0 saturated heterocycles. The number of hydrogen-bond acceptors (Lipinski definition) is 2. The van der Waals surface area contributed by atoms with Crippen LogP contribution < -0.4 is 0 Å². The third-order valence-corrected chi connectivity index (χ3v) is 1.30. The Balaban J connectivity index is 2.48. The van der Waals surface area contributed by atoms with Gasteiger partial charge in [-0.15, -0.1) is 0 Å². The van der Waals surface area contributed by atoms with Crippen molar-refractivity contribution in [3.63, 3.8) is 0 Å². The smallest absolute Gasteiger partial charge is 0.0532 e. The van der Waals surface area contributed by atoms with Crippen LogP contribution in [0.1, 0.15) is 5.56 Å². The van der Waals surface area contributed by atoms with E-state index in [-0.39, 0.29) is 0 Å². The van der Waals surface area contributed by atoms with E-state index in [4.69, 9.17) is 0 Å². The maximum absolute atomic E-state index is 3.82. The van der Waals surface area contributed by atoms with E-state index < -0.39 is 0 Å². The van der Waals surface area contributed by atoms with E-state index in [2.05, 4.69) is 36.2 Å². The molecule has 0 amide bonds. The second-order valence-electron chi connectivity index (χ2n) is 1.87. The van der Waals surface area contributed by atoms with Gasteiger partial charge >= 0.3 is 0 Å². The fourth-order valence-electron chi connectivity index (χ4n) is 0.616. The predicted octanol–water partition coefficient (Wildman–Crippen LogP) is 1.19. The van der Waals surface area contributed by atoms with Crippen LogP contribution in [0, 0.1) is 0 Å². The van der Waals surface area contributed by atoms with Crippen molar-refractivity contribution in [2.45, 2.75) is 6.54 Å². The van der Waals surface area contributed by atoms with Crippen LogP contribution in [-0.2, 0) is 6.54 Å². The van der Waals surface area contributed by atoms with Gasteiger partial charge in [0.15, 0.2) is 0 Å². The summed E-state index contributed by atoms with van der Waals surface area (Å²) >= 11 is 2.24. The van der Waals surface area contributed by atoms with Crippen molar-refractivity contribution in [1.29, 1.82) is 0 Å². The highest BCUT2D eigenvalue weighted by Gasteiger charge is 1.94. The molecule has 0 atom stereocenters. The molecule has 1 rings (SSSR count). The Labute approximate surface area is 67.9 Å². The van der Waals surface area contributed by atoms with Crippen molar-refractivity contribution in [2.24, 2.45) is 0 Å². The monoisotopic (exact) mass is 237 g/mol. The van der Waals surface area contributed by atoms with E-state index in [0.717, 1.165) is 6.54 Å². The van der Waals surface area contributed by atoms with Gasteiger partial charge in [0, 0.05) is 41.2 Å². The maximum atomic E-state index is 3.82. The van der Waals surface area contributed by atoms with Crippen LogP contribution >= 0.6 is 22.9 Å². The molecule has 3 nitrogen and oxygen atoms in total. The van der Waals surface area contributed by atoms with Crippen LogP contribution in [-0.4, -0.2) is 20.4 Å². The van der Waals surface area contributed by atoms with E-state index >= 15 is 0 Å². The molecule has 0 spiro atoms. The summed E-state index contributed by atoms with van der Waals surface area (Å²) in [7, 11) is 2.02. The molecule has 1 aromatic heterocycles. The highest BCUT2D eigenvalue weighted by Crippen LogP contribution is 2.02. The molecule has 0 aliphatic rings. The van der Waals surface area contributed by atoms with Crippen LogP contribution in [0.3, 0.4) is 0 Å². The van der Waals surface area contributed by atoms with Gasteiger partial charge in [-0.05, 0) is 7.05 Å². The molecule has 0 saturated carbocycles. The van der Waals surface area contributed by atoms with Gasteiger partial charge in [-0.2, -0.15) is 5.10 Å². The number of hydrogen-bond donors (Lipinski definition) is 1. The summed E-state index contributed by atoms with van der Waals surface area (Å²) in [5.74, 6) is 0. The second-order valence-corrected chi connectivity index (χ2v) is 3.52. The molecule has 0 unspecified atom stereocenters. The molecular weight excluding hydrogens is 229 g/mol. The molecule has 50 valence electrons. The van der Waals surface area contributed by atoms with Crippen LogP contribution in [0.4, 0.5) is 0 Å². The molecule has 0 radical (unpaired) electrons. The van der Waals surface area contributed by atoms with Crippen molar-refractivity contribution < 1.29 is 0 Å². The van der Waals surface area contributed by atoms with Gasteiger partial charge in [0.05, 0.1) is 6.20 Å². The van der Waals surface area contributed by atoms with E-state index in [1.54, 1.807) is 0 Å². The highest BCUT2D eigenvalue weighted by molar-refractivity contribution is 14.1. The maximum Gasteiger partial charge on any atom is 0.0532 e. The van der Waals surface area contributed by atoms with Gasteiger partial charge in [0.25, 0.3) is 0 Å². The lowest BCUT2D eigenvalue weighted by atomic mass is 10.4. The number of nitrogens with zero attached hydrogens (tertiary/aromatic N) is 2. The first-order chi connectivity index (χ1) is 4.29. The molecular formula is C5H8IN3. The average Bonchev–Trinajstić information content (AvgIpc) is 2.15. The van der Waals surface area contributed by atoms with E-state index in [0.29, 0.717) is 0 Å². The summed E-state index contributed by atoms with van der Waals surface area (Å²) in [5.41, 5.74) is 1.21. The molecule has 1 aromatic rings. The Bertz CT molecular complexity index is 159. The minimum atomic E-state index is 0.942. The highest BCUT2D eigenvalue weighted by atomic mass is 127. The molecule has 9 heavy (non-hydrogen) atoms. The lowest BCUT2D eigenvalue weighted by molar-refractivity contribution is 0.611. The molecule has 0 bridgehead atoms. The number of aromatic amines is 1. The van der Waals surface area contributed by atoms with Gasteiger partial charge < -0.3 is 0 Å². The first-order valence-electron chi connectivity index (χ1n) is 2.63. The Morgan fingerprint density at radius 3 is 3.11 bits per heavy atom. The van der Waals surface area contributed by atoms with Gasteiger partial charge in [-0.1, -0.05) is 0 Å². The van der Waals surface area contributed by atoms with Gasteiger partial charge in [0.1, 0.15) is 0 Å². The standard InChI is InChI=1S/C5H8IN3/c1-9(6)4-5-2-7-8-3-5/h2-3H,4H2,1H3,(H,7,8). The van der Waals surface area contributed by atoms with Crippen LogP contribution in [0.2, 0.25) is 0 Å². The Morgan fingerprint density at radius 1 is 1.89 bits per heavy atom. The predicted molar refractivity (Wildman–Crippen MR) is 44.1 cm³/mol. The summed E-state index contributed by atoms with van der Waals surface area (Å²) < 4.78 is 2.07. The SMILES string of the molecule is CN(I)Cc1cn[nH]c1. The molecule has 1 N–H and O–H groups in total. The zero-order valence-electron chi connectivity index (χ0n) is 5.13. The first kappa shape index (κ1) is 7.01. The summed E-state index contributed by atoms with van der Waals surface area (Å²) in [6, 6.07) is 0.